The molecule has 8 heteroatoms. The van der Waals surface area contributed by atoms with Gasteiger partial charge in [-0.2, -0.15) is 0 Å². The summed E-state index contributed by atoms with van der Waals surface area (Å²) >= 11 is 5.76. The summed E-state index contributed by atoms with van der Waals surface area (Å²) in [4.78, 5) is 1.59. The van der Waals surface area contributed by atoms with Gasteiger partial charge in [0.15, 0.2) is 0 Å². The van der Waals surface area contributed by atoms with Crippen molar-refractivity contribution in [3.05, 3.63) is 34.6 Å². The maximum Gasteiger partial charge on any atom is 0.258 e. The standard InChI is InChI=1S/C12H14ClF3N2.2ClH/c13-8-1-2-10(14)9(7-8)11(12(15)16)18-5-3-17-4-6-18;;/h1-2,7,11-12,17H,3-6H2;2*1H/t11-;;/m1../s1. The topological polar surface area (TPSA) is 15.3 Å². The van der Waals surface area contributed by atoms with Crippen LogP contribution in [-0.4, -0.2) is 37.5 Å². The summed E-state index contributed by atoms with van der Waals surface area (Å²) in [7, 11) is 0. The number of nitrogens with zero attached hydrogens (tertiary/aromatic N) is 1. The molecule has 2 rings (SSSR count). The molecule has 0 bridgehead atoms. The van der Waals surface area contributed by atoms with E-state index in [-0.39, 0.29) is 35.4 Å². The maximum absolute atomic E-state index is 13.7. The zero-order valence-electron chi connectivity index (χ0n) is 10.5. The average Bonchev–Trinajstić information content (AvgIpc) is 2.35. The fraction of sp³-hybridized carbons (Fsp3) is 0.500. The second-order valence-electron chi connectivity index (χ2n) is 4.23. The quantitative estimate of drug-likeness (QED) is 0.896. The zero-order valence-corrected chi connectivity index (χ0v) is 12.9. The lowest BCUT2D eigenvalue weighted by molar-refractivity contribution is 0.0164. The highest BCUT2D eigenvalue weighted by atomic mass is 35.5. The molecule has 0 amide bonds. The van der Waals surface area contributed by atoms with Gasteiger partial charge in [-0.3, -0.25) is 4.90 Å². The molecule has 0 aliphatic carbocycles. The Morgan fingerprint density at radius 2 is 1.75 bits per heavy atom. The lowest BCUT2D eigenvalue weighted by atomic mass is 10.0. The van der Waals surface area contributed by atoms with Gasteiger partial charge >= 0.3 is 0 Å². The van der Waals surface area contributed by atoms with Crippen molar-refractivity contribution in [3.8, 4) is 0 Å². The number of alkyl halides is 2. The van der Waals surface area contributed by atoms with Crippen molar-refractivity contribution < 1.29 is 13.2 Å². The number of rotatable bonds is 3. The van der Waals surface area contributed by atoms with Gasteiger partial charge in [-0.1, -0.05) is 11.6 Å². The summed E-state index contributed by atoms with van der Waals surface area (Å²) in [5.41, 5.74) is -0.0283. The molecule has 0 radical (unpaired) electrons. The highest BCUT2D eigenvalue weighted by Crippen LogP contribution is 2.31. The van der Waals surface area contributed by atoms with Crippen molar-refractivity contribution in [1.82, 2.24) is 10.2 Å². The highest BCUT2D eigenvalue weighted by Gasteiger charge is 2.32. The first kappa shape index (κ1) is 19.8. The van der Waals surface area contributed by atoms with Crippen molar-refractivity contribution in [2.24, 2.45) is 0 Å². The Bertz CT molecular complexity index is 415. The van der Waals surface area contributed by atoms with E-state index in [4.69, 9.17) is 11.6 Å². The molecule has 1 fully saturated rings. The maximum atomic E-state index is 13.7. The SMILES string of the molecule is Cl.Cl.Fc1ccc(Cl)cc1[C@H](C(F)F)N1CCNCC1. The second-order valence-corrected chi connectivity index (χ2v) is 4.67. The van der Waals surface area contributed by atoms with E-state index >= 15 is 0 Å². The number of hydrogen-bond acceptors (Lipinski definition) is 2. The summed E-state index contributed by atoms with van der Waals surface area (Å²) in [5, 5.41) is 3.35. The Morgan fingerprint density at radius 1 is 1.15 bits per heavy atom. The summed E-state index contributed by atoms with van der Waals surface area (Å²) < 4.78 is 40.1. The lowest BCUT2D eigenvalue weighted by Crippen LogP contribution is -2.47. The van der Waals surface area contributed by atoms with Gasteiger partial charge in [0.2, 0.25) is 0 Å². The Balaban J connectivity index is 0.00000180. The Morgan fingerprint density at radius 3 is 2.30 bits per heavy atom. The minimum absolute atomic E-state index is 0. The zero-order chi connectivity index (χ0) is 13.1. The third-order valence-electron chi connectivity index (χ3n) is 3.06. The Hall–Kier alpha value is -0.200. The average molecular weight is 352 g/mol. The molecule has 1 heterocycles. The van der Waals surface area contributed by atoms with Crippen molar-refractivity contribution >= 4 is 36.4 Å². The van der Waals surface area contributed by atoms with Gasteiger partial charge in [-0.05, 0) is 18.2 Å². The van der Waals surface area contributed by atoms with Crippen molar-refractivity contribution in [3.63, 3.8) is 0 Å². The summed E-state index contributed by atoms with van der Waals surface area (Å²) in [6.45, 7) is 2.21. The molecular formula is C12H16Cl3F3N2. The largest absolute Gasteiger partial charge is 0.314 e. The van der Waals surface area contributed by atoms with E-state index in [1.165, 1.54) is 12.1 Å². The summed E-state index contributed by atoms with van der Waals surface area (Å²) in [6, 6.07) is 2.55. The van der Waals surface area contributed by atoms with Crippen LogP contribution < -0.4 is 5.32 Å². The third-order valence-corrected chi connectivity index (χ3v) is 3.30. The van der Waals surface area contributed by atoms with E-state index in [9.17, 15) is 13.2 Å². The predicted octanol–water partition coefficient (Wildman–Crippen LogP) is 3.53. The minimum atomic E-state index is -2.64. The van der Waals surface area contributed by atoms with Gasteiger partial charge in [0, 0.05) is 36.8 Å². The van der Waals surface area contributed by atoms with Crippen LogP contribution in [0.3, 0.4) is 0 Å². The first-order valence-corrected chi connectivity index (χ1v) is 6.15. The normalized spacial score (nSPS) is 17.2. The van der Waals surface area contributed by atoms with Crippen molar-refractivity contribution in [1.29, 1.82) is 0 Å². The number of piperazine rings is 1. The van der Waals surface area contributed by atoms with Gasteiger partial charge in [0.25, 0.3) is 6.43 Å². The Labute approximate surface area is 133 Å². The molecule has 0 aromatic heterocycles. The monoisotopic (exact) mass is 350 g/mol. The lowest BCUT2D eigenvalue weighted by Gasteiger charge is -2.34. The van der Waals surface area contributed by atoms with Gasteiger partial charge < -0.3 is 5.32 Å². The van der Waals surface area contributed by atoms with Crippen LogP contribution in [0.4, 0.5) is 13.2 Å². The molecule has 0 unspecified atom stereocenters. The molecule has 1 aromatic carbocycles. The predicted molar refractivity (Wildman–Crippen MR) is 79.1 cm³/mol. The molecule has 116 valence electrons. The van der Waals surface area contributed by atoms with Crippen molar-refractivity contribution in [2.75, 3.05) is 26.2 Å². The smallest absolute Gasteiger partial charge is 0.258 e. The third kappa shape index (κ3) is 4.67. The van der Waals surface area contributed by atoms with E-state index in [0.29, 0.717) is 26.2 Å². The molecule has 1 atom stereocenters. The fourth-order valence-corrected chi connectivity index (χ4v) is 2.37. The molecule has 1 N–H and O–H groups in total. The van der Waals surface area contributed by atoms with Crippen LogP contribution in [0.2, 0.25) is 5.02 Å². The van der Waals surface area contributed by atoms with Gasteiger partial charge in [-0.15, -0.1) is 24.8 Å². The fourth-order valence-electron chi connectivity index (χ4n) is 2.19. The summed E-state index contributed by atoms with van der Waals surface area (Å²) in [6.07, 6.45) is -2.64. The molecular weight excluding hydrogens is 335 g/mol. The van der Waals surface area contributed by atoms with Crippen LogP contribution in [0.1, 0.15) is 11.6 Å². The number of benzene rings is 1. The summed E-state index contributed by atoms with van der Waals surface area (Å²) in [5.74, 6) is -0.636. The van der Waals surface area contributed by atoms with Gasteiger partial charge in [-0.25, -0.2) is 13.2 Å². The van der Waals surface area contributed by atoms with E-state index in [0.717, 1.165) is 6.07 Å². The highest BCUT2D eigenvalue weighted by molar-refractivity contribution is 6.30. The number of halogens is 6. The molecule has 1 aliphatic rings. The van der Waals surface area contributed by atoms with Crippen LogP contribution in [-0.2, 0) is 0 Å². The first-order valence-electron chi connectivity index (χ1n) is 5.77. The number of nitrogens with one attached hydrogen (secondary N) is 1. The Kier molecular flexibility index (Phi) is 8.86. The molecule has 0 spiro atoms. The number of hydrogen-bond donors (Lipinski definition) is 1. The van der Waals surface area contributed by atoms with Crippen LogP contribution in [0.25, 0.3) is 0 Å². The molecule has 1 saturated heterocycles. The van der Waals surface area contributed by atoms with E-state index in [2.05, 4.69) is 5.32 Å². The van der Waals surface area contributed by atoms with Crippen molar-refractivity contribution in [2.45, 2.75) is 12.5 Å². The molecule has 0 saturated carbocycles. The van der Waals surface area contributed by atoms with E-state index in [1.807, 2.05) is 0 Å². The second kappa shape index (κ2) is 8.95. The van der Waals surface area contributed by atoms with E-state index < -0.39 is 18.3 Å². The molecule has 20 heavy (non-hydrogen) atoms. The molecule has 1 aromatic rings. The molecule has 2 nitrogen and oxygen atoms in total. The van der Waals surface area contributed by atoms with E-state index in [1.54, 1.807) is 4.90 Å². The first-order chi connectivity index (χ1) is 8.59. The molecule has 1 aliphatic heterocycles. The van der Waals surface area contributed by atoms with Gasteiger partial charge in [0.1, 0.15) is 5.82 Å². The minimum Gasteiger partial charge on any atom is -0.314 e. The van der Waals surface area contributed by atoms with Crippen LogP contribution >= 0.6 is 36.4 Å². The van der Waals surface area contributed by atoms with Crippen LogP contribution in [0.15, 0.2) is 18.2 Å². The van der Waals surface area contributed by atoms with Crippen LogP contribution in [0.5, 0.6) is 0 Å². The van der Waals surface area contributed by atoms with Gasteiger partial charge in [0.05, 0.1) is 6.04 Å². The van der Waals surface area contributed by atoms with Crippen LogP contribution in [0, 0.1) is 5.82 Å².